The number of allylic oxidation sites excluding steroid dienone is 1. The molecule has 0 aliphatic heterocycles. The van der Waals surface area contributed by atoms with Gasteiger partial charge in [-0.05, 0) is 20.3 Å². The quantitative estimate of drug-likeness (QED) is 0.572. The molecule has 1 atom stereocenters. The fourth-order valence-corrected chi connectivity index (χ4v) is 0.624. The van der Waals surface area contributed by atoms with E-state index in [9.17, 15) is 0 Å². The van der Waals surface area contributed by atoms with Crippen LogP contribution < -0.4 is 0 Å². The van der Waals surface area contributed by atoms with Crippen LogP contribution in [-0.2, 0) is 0 Å². The first-order valence-electron chi connectivity index (χ1n) is 3.10. The first-order valence-corrected chi connectivity index (χ1v) is 3.10. The number of rotatable bonds is 3. The van der Waals surface area contributed by atoms with Gasteiger partial charge in [0.15, 0.2) is 0 Å². The van der Waals surface area contributed by atoms with Gasteiger partial charge in [-0.2, -0.15) is 0 Å². The highest BCUT2D eigenvalue weighted by molar-refractivity contribution is 4.99. The zero-order chi connectivity index (χ0) is 7.28. The molecule has 0 radical (unpaired) electrons. The minimum absolute atomic E-state index is 0.340. The smallest absolute Gasteiger partial charge is 0.0757 e. The maximum absolute atomic E-state index is 9.07. The Balaban J connectivity index is 3.61. The number of aliphatic hydroxyl groups excluding tert-OH is 1. The van der Waals surface area contributed by atoms with Gasteiger partial charge in [0, 0.05) is 0 Å². The third kappa shape index (κ3) is 5.31. The second kappa shape index (κ2) is 4.33. The molecule has 0 spiro atoms. The summed E-state index contributed by atoms with van der Waals surface area (Å²) in [5.74, 6) is 0. The topological polar surface area (TPSA) is 20.2 Å². The first-order chi connectivity index (χ1) is 4.16. The number of aliphatic hydroxyl groups is 1. The molecule has 0 aromatic rings. The minimum Gasteiger partial charge on any atom is -0.389 e. The van der Waals surface area contributed by atoms with Crippen molar-refractivity contribution in [2.75, 3.05) is 0 Å². The van der Waals surface area contributed by atoms with E-state index in [1.54, 1.807) is 6.08 Å². The van der Waals surface area contributed by atoms with E-state index >= 15 is 0 Å². The maximum Gasteiger partial charge on any atom is 0.0757 e. The summed E-state index contributed by atoms with van der Waals surface area (Å²) < 4.78 is 0. The van der Waals surface area contributed by atoms with Crippen LogP contribution in [0.5, 0.6) is 0 Å². The molecule has 52 valence electrons. The average Bonchev–Trinajstić information content (AvgIpc) is 1.63. The van der Waals surface area contributed by atoms with Gasteiger partial charge >= 0.3 is 0 Å². The second-order valence-electron chi connectivity index (χ2n) is 2.34. The Labute approximate surface area is 56.7 Å². The molecule has 0 aromatic heterocycles. The molecule has 0 heterocycles. The fraction of sp³-hybridized carbons (Fsp3) is 0.500. The highest BCUT2D eigenvalue weighted by Crippen LogP contribution is 1.98. The van der Waals surface area contributed by atoms with Crippen molar-refractivity contribution in [1.29, 1.82) is 0 Å². The molecule has 0 bridgehead atoms. The third-order valence-corrected chi connectivity index (χ3v) is 0.934. The zero-order valence-electron chi connectivity index (χ0n) is 6.09. The van der Waals surface area contributed by atoms with Crippen LogP contribution in [0.1, 0.15) is 20.3 Å². The highest BCUT2D eigenvalue weighted by Gasteiger charge is 1.93. The molecule has 1 N–H and O–H groups in total. The van der Waals surface area contributed by atoms with Crippen LogP contribution in [0.3, 0.4) is 0 Å². The lowest BCUT2D eigenvalue weighted by atomic mass is 10.2. The lowest BCUT2D eigenvalue weighted by Gasteiger charge is -1.99. The Hall–Kier alpha value is -0.560. The Morgan fingerprint density at radius 2 is 2.22 bits per heavy atom. The van der Waals surface area contributed by atoms with E-state index in [2.05, 4.69) is 6.58 Å². The van der Waals surface area contributed by atoms with Crippen molar-refractivity contribution in [1.82, 2.24) is 0 Å². The fourth-order valence-electron chi connectivity index (χ4n) is 0.624. The molecular formula is C8H14O. The summed E-state index contributed by atoms with van der Waals surface area (Å²) in [5.41, 5.74) is 1.14. The van der Waals surface area contributed by atoms with Gasteiger partial charge in [-0.25, -0.2) is 0 Å². The molecule has 0 amide bonds. The normalized spacial score (nSPS) is 12.3. The summed E-state index contributed by atoms with van der Waals surface area (Å²) >= 11 is 0. The van der Waals surface area contributed by atoms with E-state index in [0.29, 0.717) is 6.42 Å². The SMILES string of the molecule is C=CC[C@H](O)C=C(C)C. The molecule has 0 rings (SSSR count). The molecule has 0 saturated carbocycles. The van der Waals surface area contributed by atoms with Crippen LogP contribution in [-0.4, -0.2) is 11.2 Å². The molecule has 1 heteroatoms. The van der Waals surface area contributed by atoms with E-state index < -0.39 is 0 Å². The second-order valence-corrected chi connectivity index (χ2v) is 2.34. The van der Waals surface area contributed by atoms with E-state index in [0.717, 1.165) is 5.57 Å². The predicted octanol–water partition coefficient (Wildman–Crippen LogP) is 1.89. The Kier molecular flexibility index (Phi) is 4.06. The zero-order valence-corrected chi connectivity index (χ0v) is 6.09. The summed E-state index contributed by atoms with van der Waals surface area (Å²) in [7, 11) is 0. The molecule has 1 nitrogen and oxygen atoms in total. The minimum atomic E-state index is -0.340. The van der Waals surface area contributed by atoms with E-state index in [1.165, 1.54) is 0 Å². The van der Waals surface area contributed by atoms with Gasteiger partial charge in [-0.15, -0.1) is 6.58 Å². The molecule has 0 unspecified atom stereocenters. The lowest BCUT2D eigenvalue weighted by molar-refractivity contribution is 0.226. The van der Waals surface area contributed by atoms with E-state index in [4.69, 9.17) is 5.11 Å². The van der Waals surface area contributed by atoms with Crippen LogP contribution in [0.2, 0.25) is 0 Å². The van der Waals surface area contributed by atoms with E-state index in [-0.39, 0.29) is 6.10 Å². The number of hydrogen-bond acceptors (Lipinski definition) is 1. The highest BCUT2D eigenvalue weighted by atomic mass is 16.3. The first kappa shape index (κ1) is 8.44. The van der Waals surface area contributed by atoms with Crippen LogP contribution in [0.4, 0.5) is 0 Å². The van der Waals surface area contributed by atoms with Crippen molar-refractivity contribution >= 4 is 0 Å². The molecule has 9 heavy (non-hydrogen) atoms. The van der Waals surface area contributed by atoms with Gasteiger partial charge in [-0.3, -0.25) is 0 Å². The predicted molar refractivity (Wildman–Crippen MR) is 40.3 cm³/mol. The number of hydrogen-bond donors (Lipinski definition) is 1. The van der Waals surface area contributed by atoms with Crippen molar-refractivity contribution < 1.29 is 5.11 Å². The van der Waals surface area contributed by atoms with Crippen LogP contribution in [0, 0.1) is 0 Å². The molecule has 0 saturated heterocycles. The van der Waals surface area contributed by atoms with Gasteiger partial charge in [-0.1, -0.05) is 17.7 Å². The maximum atomic E-state index is 9.07. The van der Waals surface area contributed by atoms with Gasteiger partial charge < -0.3 is 5.11 Å². The van der Waals surface area contributed by atoms with Crippen molar-refractivity contribution in [3.8, 4) is 0 Å². The summed E-state index contributed by atoms with van der Waals surface area (Å²) in [6.07, 6.45) is 3.84. The average molecular weight is 126 g/mol. The molecular weight excluding hydrogens is 112 g/mol. The van der Waals surface area contributed by atoms with Gasteiger partial charge in [0.25, 0.3) is 0 Å². The summed E-state index contributed by atoms with van der Waals surface area (Å²) in [6, 6.07) is 0. The molecule has 0 fully saturated rings. The van der Waals surface area contributed by atoms with Crippen molar-refractivity contribution in [2.45, 2.75) is 26.4 Å². The molecule has 0 aliphatic carbocycles. The van der Waals surface area contributed by atoms with Gasteiger partial charge in [0.05, 0.1) is 6.10 Å². The monoisotopic (exact) mass is 126 g/mol. The summed E-state index contributed by atoms with van der Waals surface area (Å²) in [4.78, 5) is 0. The standard InChI is InChI=1S/C8H14O/c1-4-5-8(9)6-7(2)3/h4,6,8-9H,1,5H2,2-3H3/t8-/m0/s1. The lowest BCUT2D eigenvalue weighted by Crippen LogP contribution is -1.99. The Morgan fingerprint density at radius 1 is 1.67 bits per heavy atom. The third-order valence-electron chi connectivity index (χ3n) is 0.934. The van der Waals surface area contributed by atoms with Gasteiger partial charge in [0.2, 0.25) is 0 Å². The Bertz CT molecular complexity index is 110. The van der Waals surface area contributed by atoms with Crippen LogP contribution in [0.15, 0.2) is 24.3 Å². The van der Waals surface area contributed by atoms with E-state index in [1.807, 2.05) is 19.9 Å². The summed E-state index contributed by atoms with van der Waals surface area (Å²) in [5, 5.41) is 9.07. The van der Waals surface area contributed by atoms with Crippen molar-refractivity contribution in [3.63, 3.8) is 0 Å². The largest absolute Gasteiger partial charge is 0.389 e. The summed E-state index contributed by atoms with van der Waals surface area (Å²) in [6.45, 7) is 7.45. The molecule has 0 aliphatic rings. The van der Waals surface area contributed by atoms with Gasteiger partial charge in [0.1, 0.15) is 0 Å². The molecule has 0 aromatic carbocycles. The van der Waals surface area contributed by atoms with Crippen LogP contribution >= 0.6 is 0 Å². The van der Waals surface area contributed by atoms with Crippen molar-refractivity contribution in [2.24, 2.45) is 0 Å². The van der Waals surface area contributed by atoms with Crippen molar-refractivity contribution in [3.05, 3.63) is 24.3 Å². The van der Waals surface area contributed by atoms with Crippen LogP contribution in [0.25, 0.3) is 0 Å². The Morgan fingerprint density at radius 3 is 2.56 bits per heavy atom.